The smallest absolute Gasteiger partial charge is 0.245 e. The number of nitrogens with zero attached hydrogens (tertiary/aromatic N) is 3. The van der Waals surface area contributed by atoms with Crippen LogP contribution in [0, 0.1) is 5.92 Å². The summed E-state index contributed by atoms with van der Waals surface area (Å²) < 4.78 is 0. The minimum Gasteiger partial charge on any atom is -0.367 e. The highest BCUT2D eigenvalue weighted by Gasteiger charge is 2.35. The van der Waals surface area contributed by atoms with Crippen LogP contribution in [0.25, 0.3) is 11.4 Å². The Hall–Kier alpha value is -2.15. The predicted molar refractivity (Wildman–Crippen MR) is 79.2 cm³/mol. The second-order valence-electron chi connectivity index (χ2n) is 5.77. The molecular formula is C14H18N6O. The van der Waals surface area contributed by atoms with Crippen molar-refractivity contribution in [2.45, 2.75) is 18.9 Å². The molecule has 2 unspecified atom stereocenters. The summed E-state index contributed by atoms with van der Waals surface area (Å²) in [6.45, 7) is 3.03. The first kappa shape index (κ1) is 12.6. The van der Waals surface area contributed by atoms with E-state index in [2.05, 4.69) is 30.4 Å². The average molecular weight is 286 g/mol. The maximum Gasteiger partial charge on any atom is 0.245 e. The van der Waals surface area contributed by atoms with Crippen LogP contribution in [0.4, 0.5) is 5.95 Å². The Morgan fingerprint density at radius 3 is 3.14 bits per heavy atom. The SMILES string of the molecule is O=c1cc[nH]cc1-c1nc(N2CC3CCCNC3C2)n[nH]1. The van der Waals surface area contributed by atoms with Crippen molar-refractivity contribution >= 4 is 5.95 Å². The molecule has 4 rings (SSSR count). The molecule has 0 radical (unpaired) electrons. The van der Waals surface area contributed by atoms with Gasteiger partial charge < -0.3 is 15.2 Å². The van der Waals surface area contributed by atoms with Crippen molar-refractivity contribution in [2.24, 2.45) is 5.92 Å². The monoisotopic (exact) mass is 286 g/mol. The maximum absolute atomic E-state index is 11.8. The first-order valence-corrected chi connectivity index (χ1v) is 7.39. The molecule has 2 aliphatic rings. The van der Waals surface area contributed by atoms with Crippen LogP contribution in [0.5, 0.6) is 0 Å². The number of aromatic amines is 2. The standard InChI is InChI=1S/C14H18N6O/c21-12-3-5-15-6-10(12)13-17-14(19-18-13)20-7-9-2-1-4-16-11(9)8-20/h3,5-6,9,11,16H,1-2,4,7-8H2,(H,15,21)(H,17,18,19). The quantitative estimate of drug-likeness (QED) is 0.741. The van der Waals surface area contributed by atoms with Crippen molar-refractivity contribution < 1.29 is 0 Å². The lowest BCUT2D eigenvalue weighted by Gasteiger charge is -2.24. The Morgan fingerprint density at radius 1 is 1.33 bits per heavy atom. The molecule has 0 bridgehead atoms. The Balaban J connectivity index is 1.58. The summed E-state index contributed by atoms with van der Waals surface area (Å²) in [5.74, 6) is 1.89. The van der Waals surface area contributed by atoms with Crippen LogP contribution in [-0.2, 0) is 0 Å². The minimum absolute atomic E-state index is 0.0618. The highest BCUT2D eigenvalue weighted by Crippen LogP contribution is 2.27. The molecule has 3 N–H and O–H groups in total. The van der Waals surface area contributed by atoms with E-state index in [1.807, 2.05) is 0 Å². The Kier molecular flexibility index (Phi) is 2.99. The number of hydrogen-bond donors (Lipinski definition) is 3. The molecule has 2 fully saturated rings. The number of hydrogen-bond acceptors (Lipinski definition) is 5. The van der Waals surface area contributed by atoms with Crippen molar-refractivity contribution in [3.8, 4) is 11.4 Å². The van der Waals surface area contributed by atoms with Gasteiger partial charge in [-0.15, -0.1) is 5.10 Å². The fraction of sp³-hybridized carbons (Fsp3) is 0.500. The van der Waals surface area contributed by atoms with Crippen LogP contribution in [-0.4, -0.2) is 45.8 Å². The molecule has 0 spiro atoms. The first-order valence-electron chi connectivity index (χ1n) is 7.39. The number of fused-ring (bicyclic) bond motifs is 1. The van der Waals surface area contributed by atoms with Crippen molar-refractivity contribution in [1.82, 2.24) is 25.5 Å². The second kappa shape index (κ2) is 5.00. The molecule has 2 aliphatic heterocycles. The molecule has 2 atom stereocenters. The van der Waals surface area contributed by atoms with Gasteiger partial charge in [0.1, 0.15) is 0 Å². The van der Waals surface area contributed by atoms with Crippen LogP contribution in [0.2, 0.25) is 0 Å². The van der Waals surface area contributed by atoms with Crippen LogP contribution >= 0.6 is 0 Å². The number of pyridine rings is 1. The van der Waals surface area contributed by atoms with Crippen molar-refractivity contribution in [2.75, 3.05) is 24.5 Å². The fourth-order valence-corrected chi connectivity index (χ4v) is 3.33. The third-order valence-electron chi connectivity index (χ3n) is 4.43. The molecule has 0 saturated carbocycles. The van der Waals surface area contributed by atoms with E-state index in [4.69, 9.17) is 0 Å². The number of aromatic nitrogens is 4. The molecule has 0 amide bonds. The molecule has 7 heteroatoms. The molecule has 0 aliphatic carbocycles. The molecule has 2 aromatic heterocycles. The summed E-state index contributed by atoms with van der Waals surface area (Å²) in [5, 5.41) is 10.7. The Bertz CT molecular complexity index is 679. The van der Waals surface area contributed by atoms with Gasteiger partial charge in [-0.3, -0.25) is 9.89 Å². The predicted octanol–water partition coefficient (Wildman–Crippen LogP) is 0.348. The van der Waals surface area contributed by atoms with E-state index in [-0.39, 0.29) is 5.43 Å². The highest BCUT2D eigenvalue weighted by molar-refractivity contribution is 5.54. The minimum atomic E-state index is -0.0618. The normalized spacial score (nSPS) is 25.0. The number of anilines is 1. The molecular weight excluding hydrogens is 268 g/mol. The zero-order valence-corrected chi connectivity index (χ0v) is 11.7. The molecule has 2 aromatic rings. The van der Waals surface area contributed by atoms with Gasteiger partial charge in [-0.1, -0.05) is 0 Å². The lowest BCUT2D eigenvalue weighted by Crippen LogP contribution is -2.40. The van der Waals surface area contributed by atoms with Crippen LogP contribution in [0.15, 0.2) is 23.3 Å². The van der Waals surface area contributed by atoms with Crippen LogP contribution in [0.1, 0.15) is 12.8 Å². The summed E-state index contributed by atoms with van der Waals surface area (Å²) in [4.78, 5) is 21.4. The summed E-state index contributed by atoms with van der Waals surface area (Å²) in [5.41, 5.74) is 0.458. The lowest BCUT2D eigenvalue weighted by atomic mass is 9.94. The average Bonchev–Trinajstić information content (AvgIpc) is 3.14. The molecule has 2 saturated heterocycles. The van der Waals surface area contributed by atoms with Gasteiger partial charge in [0.05, 0.1) is 5.56 Å². The summed E-state index contributed by atoms with van der Waals surface area (Å²) in [6, 6.07) is 2.03. The zero-order chi connectivity index (χ0) is 14.2. The zero-order valence-electron chi connectivity index (χ0n) is 11.7. The molecule has 4 heterocycles. The highest BCUT2D eigenvalue weighted by atomic mass is 16.1. The van der Waals surface area contributed by atoms with Crippen LogP contribution in [0.3, 0.4) is 0 Å². The van der Waals surface area contributed by atoms with Gasteiger partial charge in [0.25, 0.3) is 0 Å². The topological polar surface area (TPSA) is 89.7 Å². The van der Waals surface area contributed by atoms with Crippen LogP contribution < -0.4 is 15.6 Å². The maximum atomic E-state index is 11.8. The first-order chi connectivity index (χ1) is 10.3. The number of H-pyrrole nitrogens is 2. The van der Waals surface area contributed by atoms with Gasteiger partial charge in [0, 0.05) is 37.6 Å². The molecule has 7 nitrogen and oxygen atoms in total. The van der Waals surface area contributed by atoms with Gasteiger partial charge in [0.15, 0.2) is 11.3 Å². The van der Waals surface area contributed by atoms with Crippen molar-refractivity contribution in [1.29, 1.82) is 0 Å². The van der Waals surface area contributed by atoms with Crippen molar-refractivity contribution in [3.05, 3.63) is 28.7 Å². The van der Waals surface area contributed by atoms with Gasteiger partial charge in [-0.25, -0.2) is 0 Å². The fourth-order valence-electron chi connectivity index (χ4n) is 3.33. The number of nitrogens with one attached hydrogen (secondary N) is 3. The van der Waals surface area contributed by atoms with Gasteiger partial charge in [0.2, 0.25) is 5.95 Å². The van der Waals surface area contributed by atoms with E-state index in [0.717, 1.165) is 19.6 Å². The lowest BCUT2D eigenvalue weighted by molar-refractivity contribution is 0.340. The third kappa shape index (κ3) is 2.23. The van der Waals surface area contributed by atoms with E-state index >= 15 is 0 Å². The van der Waals surface area contributed by atoms with E-state index in [1.54, 1.807) is 12.4 Å². The number of rotatable bonds is 2. The van der Waals surface area contributed by atoms with E-state index in [9.17, 15) is 4.79 Å². The molecule has 110 valence electrons. The third-order valence-corrected chi connectivity index (χ3v) is 4.43. The van der Waals surface area contributed by atoms with Crippen molar-refractivity contribution in [3.63, 3.8) is 0 Å². The molecule has 21 heavy (non-hydrogen) atoms. The largest absolute Gasteiger partial charge is 0.367 e. The van der Waals surface area contributed by atoms with E-state index < -0.39 is 0 Å². The molecule has 0 aromatic carbocycles. The van der Waals surface area contributed by atoms with E-state index in [1.165, 1.54) is 18.9 Å². The van der Waals surface area contributed by atoms with Gasteiger partial charge in [-0.2, -0.15) is 4.98 Å². The Labute approximate surface area is 121 Å². The van der Waals surface area contributed by atoms with Gasteiger partial charge >= 0.3 is 0 Å². The second-order valence-corrected chi connectivity index (χ2v) is 5.77. The van der Waals surface area contributed by atoms with E-state index in [0.29, 0.717) is 29.3 Å². The number of piperidine rings is 1. The summed E-state index contributed by atoms with van der Waals surface area (Å²) >= 11 is 0. The van der Waals surface area contributed by atoms with Gasteiger partial charge in [-0.05, 0) is 25.3 Å². The summed E-state index contributed by atoms with van der Waals surface area (Å²) in [7, 11) is 0. The summed E-state index contributed by atoms with van der Waals surface area (Å²) in [6.07, 6.45) is 5.77. The Morgan fingerprint density at radius 2 is 2.29 bits per heavy atom.